The maximum Gasteiger partial charge on any atom is 0.351 e. The normalized spacial score (nSPS) is 30.0. The number of carbonyl (C=O) groups excluding carboxylic acids is 2. The number of rotatable bonds is 11. The molecule has 3 aliphatic rings. The van der Waals surface area contributed by atoms with E-state index in [1.807, 2.05) is 0 Å². The SMILES string of the molecule is O=C(O)CC(=O)OC[C@H]1O[C@@H](Oc2cc3c(cc2O)[NH+](CC=C2C=C(C(=O)O)N[C@@H](C(=O)O)C2)[C@H](C(=O)[O-])C3)[C@H](O)[C@@H](O)[C@@H]1O. The summed E-state index contributed by atoms with van der Waals surface area (Å²) in [6, 6.07) is 0.0598. The fourth-order valence-corrected chi connectivity index (χ4v) is 5.22. The largest absolute Gasteiger partial charge is 0.544 e. The summed E-state index contributed by atoms with van der Waals surface area (Å²) in [5.74, 6) is -7.57. The molecule has 4 rings (SSSR count). The number of phenols is 1. The predicted octanol–water partition coefficient (Wildman–Crippen LogP) is -4.87. The second-order valence-electron chi connectivity index (χ2n) is 10.5. The number of allylic oxidation sites excluding steroid dienone is 1. The zero-order valence-corrected chi connectivity index (χ0v) is 23.2. The molecule has 0 saturated carbocycles. The van der Waals surface area contributed by atoms with Crippen molar-refractivity contribution in [1.29, 1.82) is 0 Å². The van der Waals surface area contributed by atoms with Crippen molar-refractivity contribution in [3.63, 3.8) is 0 Å². The van der Waals surface area contributed by atoms with E-state index in [1.165, 1.54) is 24.3 Å². The van der Waals surface area contributed by atoms with Crippen molar-refractivity contribution >= 4 is 35.5 Å². The van der Waals surface area contributed by atoms with E-state index < -0.39 is 91.4 Å². The Balaban J connectivity index is 1.54. The Morgan fingerprint density at radius 1 is 1.04 bits per heavy atom. The van der Waals surface area contributed by atoms with Gasteiger partial charge >= 0.3 is 23.9 Å². The van der Waals surface area contributed by atoms with Gasteiger partial charge in [-0.1, -0.05) is 0 Å². The summed E-state index contributed by atoms with van der Waals surface area (Å²) in [4.78, 5) is 57.5. The third-order valence-corrected chi connectivity index (χ3v) is 7.49. The molecule has 1 fully saturated rings. The Hall–Kier alpha value is -4.75. The molecule has 18 heteroatoms. The average molecular weight is 639 g/mol. The van der Waals surface area contributed by atoms with Crippen LogP contribution in [0.15, 0.2) is 35.6 Å². The lowest BCUT2D eigenvalue weighted by Gasteiger charge is -2.39. The van der Waals surface area contributed by atoms with E-state index in [4.69, 9.17) is 19.3 Å². The molecule has 45 heavy (non-hydrogen) atoms. The van der Waals surface area contributed by atoms with Gasteiger partial charge < -0.3 is 65.2 Å². The molecule has 3 heterocycles. The van der Waals surface area contributed by atoms with Gasteiger partial charge in [0.05, 0.1) is 0 Å². The van der Waals surface area contributed by atoms with Crippen LogP contribution in [0.2, 0.25) is 0 Å². The molecule has 8 atom stereocenters. The molecule has 0 radical (unpaired) electrons. The standard InChI is InChI=1S/C27H30N2O16/c30-16-7-14-11(5-15(26(41)42)29(14)2-1-10-3-12(24(37)38)28-13(4-10)25(39)40)6-17(16)44-27-23(36)22(35)21(34)18(45-27)9-43-20(33)8-19(31)32/h1,3,6-7,13,15,18,21-23,27-28,30,34-36H,2,4-5,8-9H2,(H,31,32)(H,37,38)(H,39,40)(H,41,42)/t13-,15+,18-,21-,22+,23-,27-/m1/s1. The van der Waals surface area contributed by atoms with Crippen molar-refractivity contribution in [2.75, 3.05) is 13.2 Å². The molecular formula is C27H30N2O16. The van der Waals surface area contributed by atoms with Crippen LogP contribution in [0, 0.1) is 0 Å². The number of phenolic OH excluding ortho intramolecular Hbond substituents is 1. The van der Waals surface area contributed by atoms with Crippen LogP contribution in [0.5, 0.6) is 11.5 Å². The lowest BCUT2D eigenvalue weighted by Crippen LogP contribution is -3.11. The number of aliphatic carboxylic acids is 4. The molecule has 1 unspecified atom stereocenters. The smallest absolute Gasteiger partial charge is 0.351 e. The number of hydrogen-bond donors (Lipinski definition) is 9. The topological polar surface area (TPSA) is 294 Å². The Kier molecular flexibility index (Phi) is 9.94. The minimum absolute atomic E-state index is 0.0623. The van der Waals surface area contributed by atoms with E-state index in [-0.39, 0.29) is 35.7 Å². The highest BCUT2D eigenvalue weighted by Crippen LogP contribution is 2.36. The summed E-state index contributed by atoms with van der Waals surface area (Å²) >= 11 is 0. The monoisotopic (exact) mass is 638 g/mol. The fraction of sp³-hybridized carbons (Fsp3) is 0.444. The zero-order chi connectivity index (χ0) is 33.2. The minimum atomic E-state index is -1.87. The minimum Gasteiger partial charge on any atom is -0.544 e. The van der Waals surface area contributed by atoms with Gasteiger partial charge in [0.15, 0.2) is 11.5 Å². The van der Waals surface area contributed by atoms with Crippen LogP contribution in [-0.4, -0.2) is 122 Å². The van der Waals surface area contributed by atoms with Crippen LogP contribution < -0.4 is 20.1 Å². The summed E-state index contributed by atoms with van der Waals surface area (Å²) in [6.45, 7) is -0.770. The van der Waals surface area contributed by atoms with Gasteiger partial charge in [0.1, 0.15) is 73.4 Å². The first-order valence-electron chi connectivity index (χ1n) is 13.5. The van der Waals surface area contributed by atoms with Gasteiger partial charge in [-0.05, 0) is 23.8 Å². The molecule has 244 valence electrons. The van der Waals surface area contributed by atoms with Gasteiger partial charge in [-0.15, -0.1) is 0 Å². The maximum atomic E-state index is 12.0. The van der Waals surface area contributed by atoms with Gasteiger partial charge in [0.2, 0.25) is 6.29 Å². The van der Waals surface area contributed by atoms with Crippen molar-refractivity contribution < 1.29 is 83.9 Å². The number of carboxylic acids is 4. The van der Waals surface area contributed by atoms with Crippen LogP contribution in [0.3, 0.4) is 0 Å². The number of benzene rings is 1. The lowest BCUT2D eigenvalue weighted by molar-refractivity contribution is -0.840. The molecule has 0 aromatic heterocycles. The third kappa shape index (κ3) is 7.49. The van der Waals surface area contributed by atoms with Crippen LogP contribution in [0.1, 0.15) is 18.4 Å². The molecule has 1 aromatic rings. The molecule has 18 nitrogen and oxygen atoms in total. The van der Waals surface area contributed by atoms with E-state index in [0.29, 0.717) is 16.8 Å². The Bertz CT molecular complexity index is 1440. The number of carboxylic acid groups (broad SMARTS) is 4. The average Bonchev–Trinajstić information content (AvgIpc) is 3.32. The van der Waals surface area contributed by atoms with E-state index in [1.54, 1.807) is 0 Å². The number of aliphatic hydroxyl groups excluding tert-OH is 3. The second-order valence-corrected chi connectivity index (χ2v) is 10.5. The first kappa shape index (κ1) is 33.1. The van der Waals surface area contributed by atoms with Gasteiger partial charge in [-0.3, -0.25) is 14.5 Å². The summed E-state index contributed by atoms with van der Waals surface area (Å²) in [5, 5.41) is 83.4. The number of aliphatic hydroxyl groups is 3. The molecule has 0 aliphatic carbocycles. The Morgan fingerprint density at radius 2 is 1.76 bits per heavy atom. The van der Waals surface area contributed by atoms with E-state index in [2.05, 4.69) is 5.32 Å². The molecule has 9 N–H and O–H groups in total. The maximum absolute atomic E-state index is 12.0. The Labute approximate surface area is 253 Å². The second kappa shape index (κ2) is 13.5. The van der Waals surface area contributed by atoms with Crippen molar-refractivity contribution in [2.45, 2.75) is 62.1 Å². The van der Waals surface area contributed by atoms with Gasteiger partial charge in [-0.25, -0.2) is 9.59 Å². The molecular weight excluding hydrogens is 608 g/mol. The molecule has 0 amide bonds. The van der Waals surface area contributed by atoms with E-state index in [0.717, 1.165) is 0 Å². The number of fused-ring (bicyclic) bond motifs is 1. The highest BCUT2D eigenvalue weighted by atomic mass is 16.7. The molecule has 1 saturated heterocycles. The number of carbonyl (C=O) groups is 5. The van der Waals surface area contributed by atoms with Crippen LogP contribution in [0.25, 0.3) is 0 Å². The summed E-state index contributed by atoms with van der Waals surface area (Å²) in [7, 11) is 0. The number of aromatic hydroxyl groups is 1. The van der Waals surface area contributed by atoms with Gasteiger partial charge in [-0.2, -0.15) is 0 Å². The highest BCUT2D eigenvalue weighted by molar-refractivity contribution is 5.90. The van der Waals surface area contributed by atoms with Crippen molar-refractivity contribution in [3.8, 4) is 11.5 Å². The highest BCUT2D eigenvalue weighted by Gasteiger charge is 2.46. The number of esters is 1. The van der Waals surface area contributed by atoms with Gasteiger partial charge in [0, 0.05) is 24.5 Å². The van der Waals surface area contributed by atoms with Crippen LogP contribution >= 0.6 is 0 Å². The number of quaternary nitrogens is 1. The molecule has 1 aromatic carbocycles. The quantitative estimate of drug-likeness (QED) is 0.0811. The van der Waals surface area contributed by atoms with Crippen LogP contribution in [-0.2, 0) is 39.9 Å². The summed E-state index contributed by atoms with van der Waals surface area (Å²) in [5.41, 5.74) is 0.651. The third-order valence-electron chi connectivity index (χ3n) is 7.49. The van der Waals surface area contributed by atoms with Crippen LogP contribution in [0.4, 0.5) is 5.69 Å². The van der Waals surface area contributed by atoms with Crippen molar-refractivity contribution in [1.82, 2.24) is 5.32 Å². The van der Waals surface area contributed by atoms with Crippen molar-refractivity contribution in [2.24, 2.45) is 0 Å². The fourth-order valence-electron chi connectivity index (χ4n) is 5.22. The number of hydrogen-bond acceptors (Lipinski definition) is 14. The zero-order valence-electron chi connectivity index (χ0n) is 23.2. The summed E-state index contributed by atoms with van der Waals surface area (Å²) < 4.78 is 15.7. The van der Waals surface area contributed by atoms with E-state index in [9.17, 15) is 59.7 Å². The molecule has 3 aliphatic heterocycles. The lowest BCUT2D eigenvalue weighted by atomic mass is 9.99. The van der Waals surface area contributed by atoms with Gasteiger partial charge in [0.25, 0.3) is 0 Å². The van der Waals surface area contributed by atoms with E-state index >= 15 is 0 Å². The number of nitrogens with one attached hydrogen (secondary N) is 2. The molecule has 0 bridgehead atoms. The first-order chi connectivity index (χ1) is 21.2. The first-order valence-corrected chi connectivity index (χ1v) is 13.5. The Morgan fingerprint density at radius 3 is 2.38 bits per heavy atom. The number of ether oxygens (including phenoxy) is 3. The summed E-state index contributed by atoms with van der Waals surface area (Å²) in [6.07, 6.45) is -7.15. The predicted molar refractivity (Wildman–Crippen MR) is 140 cm³/mol. The van der Waals surface area contributed by atoms with Crippen molar-refractivity contribution in [3.05, 3.63) is 41.1 Å². The molecule has 0 spiro atoms.